The van der Waals surface area contributed by atoms with Gasteiger partial charge in [-0.05, 0) is 32.7 Å². The van der Waals surface area contributed by atoms with E-state index < -0.39 is 15.3 Å². The molecule has 0 aromatic rings. The highest BCUT2D eigenvalue weighted by Crippen LogP contribution is 2.07. The Labute approximate surface area is 118 Å². The summed E-state index contributed by atoms with van der Waals surface area (Å²) in [5, 5.41) is 2.69. The molecule has 0 aliphatic rings. The minimum Gasteiger partial charge on any atom is -0.380 e. The van der Waals surface area contributed by atoms with Crippen LogP contribution in [0.3, 0.4) is 0 Å². The first-order chi connectivity index (χ1) is 8.85. The minimum absolute atomic E-state index is 0.168. The van der Waals surface area contributed by atoms with Gasteiger partial charge < -0.3 is 10.1 Å². The van der Waals surface area contributed by atoms with Crippen LogP contribution in [0.5, 0.6) is 0 Å². The fourth-order valence-corrected chi connectivity index (χ4v) is 2.86. The summed E-state index contributed by atoms with van der Waals surface area (Å²) in [7, 11) is -3.31. The van der Waals surface area contributed by atoms with E-state index in [2.05, 4.69) is 17.0 Å². The molecule has 0 spiro atoms. The standard InChI is InChI=1S/C13H30N2O3S/c1-6-8-14-9-12(5)19(16,17)15-13(11(3)4)10-18-7-2/h11-15H,6-10H2,1-5H3. The van der Waals surface area contributed by atoms with Crippen LogP contribution < -0.4 is 10.0 Å². The van der Waals surface area contributed by atoms with Crippen LogP contribution >= 0.6 is 0 Å². The van der Waals surface area contributed by atoms with E-state index in [1.165, 1.54) is 0 Å². The van der Waals surface area contributed by atoms with Gasteiger partial charge in [0.15, 0.2) is 0 Å². The van der Waals surface area contributed by atoms with E-state index in [1.807, 2.05) is 20.8 Å². The molecule has 0 bridgehead atoms. The first kappa shape index (κ1) is 18.8. The van der Waals surface area contributed by atoms with Crippen molar-refractivity contribution in [3.63, 3.8) is 0 Å². The molecule has 0 aromatic carbocycles. The third-order valence-electron chi connectivity index (χ3n) is 3.01. The summed E-state index contributed by atoms with van der Waals surface area (Å²) in [5.41, 5.74) is 0. The maximum atomic E-state index is 12.2. The maximum Gasteiger partial charge on any atom is 0.215 e. The molecule has 2 N–H and O–H groups in total. The number of nitrogens with one attached hydrogen (secondary N) is 2. The number of hydrogen-bond donors (Lipinski definition) is 2. The predicted molar refractivity (Wildman–Crippen MR) is 79.8 cm³/mol. The minimum atomic E-state index is -3.31. The second kappa shape index (κ2) is 9.69. The van der Waals surface area contributed by atoms with Crippen molar-refractivity contribution < 1.29 is 13.2 Å². The Kier molecular flexibility index (Phi) is 9.60. The number of rotatable bonds is 11. The van der Waals surface area contributed by atoms with E-state index in [0.717, 1.165) is 13.0 Å². The second-order valence-electron chi connectivity index (χ2n) is 5.19. The van der Waals surface area contributed by atoms with E-state index in [0.29, 0.717) is 19.8 Å². The zero-order chi connectivity index (χ0) is 14.9. The van der Waals surface area contributed by atoms with Crippen LogP contribution in [0.25, 0.3) is 0 Å². The topological polar surface area (TPSA) is 67.4 Å². The lowest BCUT2D eigenvalue weighted by atomic mass is 10.1. The van der Waals surface area contributed by atoms with E-state index in [4.69, 9.17) is 4.74 Å². The fourth-order valence-electron chi connectivity index (χ4n) is 1.53. The van der Waals surface area contributed by atoms with Crippen molar-refractivity contribution in [3.05, 3.63) is 0 Å². The first-order valence-electron chi connectivity index (χ1n) is 7.14. The Morgan fingerprint density at radius 2 is 1.79 bits per heavy atom. The monoisotopic (exact) mass is 294 g/mol. The zero-order valence-corrected chi connectivity index (χ0v) is 13.7. The Bertz CT molecular complexity index is 318. The van der Waals surface area contributed by atoms with Crippen LogP contribution in [0.4, 0.5) is 0 Å². The molecular weight excluding hydrogens is 264 g/mol. The molecule has 0 saturated carbocycles. The Morgan fingerprint density at radius 1 is 1.16 bits per heavy atom. The van der Waals surface area contributed by atoms with Gasteiger partial charge in [0, 0.05) is 19.2 Å². The summed E-state index contributed by atoms with van der Waals surface area (Å²) < 4.78 is 32.5. The number of sulfonamides is 1. The average molecular weight is 294 g/mol. The molecule has 2 atom stereocenters. The molecule has 116 valence electrons. The molecule has 0 aliphatic heterocycles. The molecule has 0 radical (unpaired) electrons. The van der Waals surface area contributed by atoms with Crippen LogP contribution in [-0.2, 0) is 14.8 Å². The molecule has 0 rings (SSSR count). The van der Waals surface area contributed by atoms with E-state index in [9.17, 15) is 8.42 Å². The lowest BCUT2D eigenvalue weighted by Crippen LogP contribution is -2.47. The Balaban J connectivity index is 4.44. The van der Waals surface area contributed by atoms with Gasteiger partial charge in [-0.1, -0.05) is 20.8 Å². The quantitative estimate of drug-likeness (QED) is 0.565. The fraction of sp³-hybridized carbons (Fsp3) is 1.00. The van der Waals surface area contributed by atoms with E-state index >= 15 is 0 Å². The molecule has 6 heteroatoms. The summed E-state index contributed by atoms with van der Waals surface area (Å²) in [5.74, 6) is 0.206. The summed E-state index contributed by atoms with van der Waals surface area (Å²) >= 11 is 0. The van der Waals surface area contributed by atoms with Gasteiger partial charge in [0.05, 0.1) is 11.9 Å². The third-order valence-corrected chi connectivity index (χ3v) is 4.87. The number of ether oxygens (including phenoxy) is 1. The third kappa shape index (κ3) is 7.87. The van der Waals surface area contributed by atoms with Gasteiger partial charge in [-0.3, -0.25) is 0 Å². The van der Waals surface area contributed by atoms with Crippen molar-refractivity contribution in [2.45, 2.75) is 52.3 Å². The number of hydrogen-bond acceptors (Lipinski definition) is 4. The molecule has 2 unspecified atom stereocenters. The summed E-state index contributed by atoms with van der Waals surface area (Å²) in [6.45, 7) is 12.0. The Hall–Kier alpha value is -0.170. The van der Waals surface area contributed by atoms with Crippen LogP contribution in [0.1, 0.15) is 41.0 Å². The van der Waals surface area contributed by atoms with Crippen molar-refractivity contribution in [2.24, 2.45) is 5.92 Å². The molecule has 5 nitrogen and oxygen atoms in total. The van der Waals surface area contributed by atoms with Gasteiger partial charge in [-0.25, -0.2) is 13.1 Å². The van der Waals surface area contributed by atoms with Gasteiger partial charge in [-0.2, -0.15) is 0 Å². The molecular formula is C13H30N2O3S. The largest absolute Gasteiger partial charge is 0.380 e. The normalized spacial score (nSPS) is 15.7. The van der Waals surface area contributed by atoms with Gasteiger partial charge in [-0.15, -0.1) is 0 Å². The van der Waals surface area contributed by atoms with Gasteiger partial charge in [0.2, 0.25) is 10.0 Å². The molecule has 0 fully saturated rings. The van der Waals surface area contributed by atoms with Crippen LogP contribution in [0.2, 0.25) is 0 Å². The molecule has 19 heavy (non-hydrogen) atoms. The zero-order valence-electron chi connectivity index (χ0n) is 12.9. The highest BCUT2D eigenvalue weighted by atomic mass is 32.2. The SMILES string of the molecule is CCCNCC(C)S(=O)(=O)NC(COCC)C(C)C. The molecule has 0 amide bonds. The van der Waals surface area contributed by atoms with Crippen molar-refractivity contribution in [1.82, 2.24) is 10.0 Å². The lowest BCUT2D eigenvalue weighted by Gasteiger charge is -2.24. The predicted octanol–water partition coefficient (Wildman–Crippen LogP) is 1.36. The van der Waals surface area contributed by atoms with E-state index in [-0.39, 0.29) is 12.0 Å². The van der Waals surface area contributed by atoms with Crippen LogP contribution in [-0.4, -0.2) is 46.0 Å². The summed E-state index contributed by atoms with van der Waals surface area (Å²) in [6.07, 6.45) is 0.999. The van der Waals surface area contributed by atoms with Crippen LogP contribution in [0.15, 0.2) is 0 Å². The van der Waals surface area contributed by atoms with Crippen molar-refractivity contribution in [3.8, 4) is 0 Å². The highest BCUT2D eigenvalue weighted by Gasteiger charge is 2.25. The lowest BCUT2D eigenvalue weighted by molar-refractivity contribution is 0.116. The molecule has 0 aromatic heterocycles. The Morgan fingerprint density at radius 3 is 2.26 bits per heavy atom. The molecule has 0 saturated heterocycles. The average Bonchev–Trinajstić information content (AvgIpc) is 2.34. The van der Waals surface area contributed by atoms with E-state index in [1.54, 1.807) is 6.92 Å². The molecule has 0 aliphatic carbocycles. The smallest absolute Gasteiger partial charge is 0.215 e. The van der Waals surface area contributed by atoms with Crippen LogP contribution in [0, 0.1) is 5.92 Å². The molecule has 0 heterocycles. The van der Waals surface area contributed by atoms with Gasteiger partial charge in [0.25, 0.3) is 0 Å². The van der Waals surface area contributed by atoms with Crippen molar-refractivity contribution >= 4 is 10.0 Å². The second-order valence-corrected chi connectivity index (χ2v) is 7.32. The van der Waals surface area contributed by atoms with Gasteiger partial charge in [0.1, 0.15) is 0 Å². The van der Waals surface area contributed by atoms with Gasteiger partial charge >= 0.3 is 0 Å². The summed E-state index contributed by atoms with van der Waals surface area (Å²) in [6, 6.07) is -0.168. The van der Waals surface area contributed by atoms with Crippen molar-refractivity contribution in [2.75, 3.05) is 26.3 Å². The van der Waals surface area contributed by atoms with Crippen molar-refractivity contribution in [1.29, 1.82) is 0 Å². The summed E-state index contributed by atoms with van der Waals surface area (Å²) in [4.78, 5) is 0. The maximum absolute atomic E-state index is 12.2. The first-order valence-corrected chi connectivity index (χ1v) is 8.69. The highest BCUT2D eigenvalue weighted by molar-refractivity contribution is 7.90.